The van der Waals surface area contributed by atoms with Gasteiger partial charge < -0.3 is 10.2 Å². The van der Waals surface area contributed by atoms with Gasteiger partial charge in [0.2, 0.25) is 0 Å². The Morgan fingerprint density at radius 3 is 2.28 bits per heavy atom. The van der Waals surface area contributed by atoms with Gasteiger partial charge in [-0.2, -0.15) is 0 Å². The van der Waals surface area contributed by atoms with E-state index in [0.717, 1.165) is 0 Å². The van der Waals surface area contributed by atoms with Crippen LogP contribution >= 0.6 is 0 Å². The number of aliphatic carboxylic acids is 1. The molecule has 4 aliphatic carbocycles. The van der Waals surface area contributed by atoms with Gasteiger partial charge in [-0.3, -0.25) is 24.0 Å². The lowest BCUT2D eigenvalue weighted by atomic mass is 9.44. The van der Waals surface area contributed by atoms with Crippen molar-refractivity contribution in [3.63, 3.8) is 0 Å². The zero-order valence-corrected chi connectivity index (χ0v) is 22.3. The second-order valence-corrected chi connectivity index (χ2v) is 12.9. The molecule has 7 nitrogen and oxygen atoms in total. The van der Waals surface area contributed by atoms with E-state index in [1.807, 2.05) is 34.6 Å². The van der Waals surface area contributed by atoms with E-state index in [2.05, 4.69) is 0 Å². The largest absolute Gasteiger partial charge is 0.481 e. The van der Waals surface area contributed by atoms with Crippen LogP contribution < -0.4 is 0 Å². The van der Waals surface area contributed by atoms with Crippen molar-refractivity contribution in [3.8, 4) is 0 Å². The summed E-state index contributed by atoms with van der Waals surface area (Å²) in [7, 11) is 0. The molecule has 2 fully saturated rings. The first-order valence-corrected chi connectivity index (χ1v) is 13.4. The number of aliphatic hydroxyl groups is 1. The fourth-order valence-electron chi connectivity index (χ4n) is 8.58. The Kier molecular flexibility index (Phi) is 6.51. The van der Waals surface area contributed by atoms with Gasteiger partial charge in [0.15, 0.2) is 11.6 Å². The highest BCUT2D eigenvalue weighted by Crippen LogP contribution is 2.70. The van der Waals surface area contributed by atoms with E-state index in [-0.39, 0.29) is 72.5 Å². The summed E-state index contributed by atoms with van der Waals surface area (Å²) in [5.41, 5.74) is -1.20. The Balaban J connectivity index is 1.73. The molecule has 0 aliphatic heterocycles. The SMILES string of the molecule is CC(CC(=O)CC(C)C1CC(O)C2(C)C3=C(C(=O)CC12C)C1(C)CCC(=O)C(C)C1CC3=O)C(=O)O. The van der Waals surface area contributed by atoms with E-state index in [1.54, 1.807) is 0 Å². The summed E-state index contributed by atoms with van der Waals surface area (Å²) >= 11 is 0. The Labute approximate surface area is 213 Å². The molecular formula is C29H40O7. The molecule has 0 aromatic carbocycles. The number of carboxylic acids is 1. The number of fused-ring (bicyclic) bond motifs is 4. The van der Waals surface area contributed by atoms with Crippen molar-refractivity contribution in [2.45, 2.75) is 92.6 Å². The maximum Gasteiger partial charge on any atom is 0.306 e. The monoisotopic (exact) mass is 500 g/mol. The normalized spacial score (nSPS) is 41.9. The molecular weight excluding hydrogens is 460 g/mol. The highest BCUT2D eigenvalue weighted by atomic mass is 16.4. The molecule has 0 bridgehead atoms. The van der Waals surface area contributed by atoms with Crippen molar-refractivity contribution in [1.82, 2.24) is 0 Å². The van der Waals surface area contributed by atoms with E-state index in [4.69, 9.17) is 5.11 Å². The Hall–Kier alpha value is -2.15. The molecule has 0 saturated heterocycles. The molecule has 7 heteroatoms. The first kappa shape index (κ1) is 26.9. The highest BCUT2D eigenvalue weighted by molar-refractivity contribution is 6.12. The van der Waals surface area contributed by atoms with E-state index in [9.17, 15) is 29.1 Å². The first-order chi connectivity index (χ1) is 16.6. The van der Waals surface area contributed by atoms with Gasteiger partial charge in [0, 0.05) is 60.0 Å². The van der Waals surface area contributed by atoms with Crippen molar-refractivity contribution in [2.24, 2.45) is 45.8 Å². The average Bonchev–Trinajstić information content (AvgIpc) is 2.98. The maximum absolute atomic E-state index is 13.9. The zero-order chi connectivity index (χ0) is 27.0. The Morgan fingerprint density at radius 1 is 1.03 bits per heavy atom. The smallest absolute Gasteiger partial charge is 0.306 e. The number of allylic oxidation sites excluding steroid dienone is 1. The summed E-state index contributed by atoms with van der Waals surface area (Å²) in [6.07, 6.45) is 0.985. The van der Waals surface area contributed by atoms with E-state index in [1.165, 1.54) is 6.92 Å². The number of carboxylic acid groups (broad SMARTS) is 1. The lowest BCUT2D eigenvalue weighted by molar-refractivity contribution is -0.143. The molecule has 36 heavy (non-hydrogen) atoms. The third-order valence-corrected chi connectivity index (χ3v) is 11.0. The number of carbonyl (C=O) groups excluding carboxylic acids is 4. The van der Waals surface area contributed by atoms with Gasteiger partial charge >= 0.3 is 5.97 Å². The van der Waals surface area contributed by atoms with Crippen molar-refractivity contribution >= 4 is 29.1 Å². The molecule has 2 N–H and O–H groups in total. The van der Waals surface area contributed by atoms with Crippen LogP contribution in [0.5, 0.6) is 0 Å². The van der Waals surface area contributed by atoms with Gasteiger partial charge in [-0.1, -0.05) is 41.5 Å². The van der Waals surface area contributed by atoms with E-state index >= 15 is 0 Å². The number of rotatable bonds is 6. The van der Waals surface area contributed by atoms with Gasteiger partial charge in [-0.25, -0.2) is 0 Å². The third-order valence-electron chi connectivity index (χ3n) is 11.0. The Bertz CT molecular complexity index is 1070. The number of carbonyl (C=O) groups is 5. The molecule has 0 aromatic heterocycles. The van der Waals surface area contributed by atoms with Crippen LogP contribution in [0.1, 0.15) is 86.5 Å². The second kappa shape index (κ2) is 8.71. The van der Waals surface area contributed by atoms with E-state index < -0.39 is 34.2 Å². The predicted octanol–water partition coefficient (Wildman–Crippen LogP) is 3.95. The number of hydrogen-bond acceptors (Lipinski definition) is 6. The topological polar surface area (TPSA) is 126 Å². The number of Topliss-reactive ketones (excluding diaryl/α,β-unsaturated/α-hetero) is 4. The predicted molar refractivity (Wildman–Crippen MR) is 132 cm³/mol. The zero-order valence-electron chi connectivity index (χ0n) is 22.3. The van der Waals surface area contributed by atoms with Gasteiger partial charge in [0.1, 0.15) is 11.6 Å². The third kappa shape index (κ3) is 3.59. The van der Waals surface area contributed by atoms with Crippen LogP contribution in [0.25, 0.3) is 0 Å². The molecule has 4 rings (SSSR count). The summed E-state index contributed by atoms with van der Waals surface area (Å²) in [5.74, 6) is -2.80. The molecule has 9 atom stereocenters. The van der Waals surface area contributed by atoms with Crippen molar-refractivity contribution in [2.75, 3.05) is 0 Å². The van der Waals surface area contributed by atoms with Crippen LogP contribution in [0.15, 0.2) is 11.1 Å². The summed E-state index contributed by atoms with van der Waals surface area (Å²) in [6.45, 7) is 11.2. The second-order valence-electron chi connectivity index (χ2n) is 12.9. The van der Waals surface area contributed by atoms with Crippen LogP contribution in [0, 0.1) is 45.8 Å². The minimum Gasteiger partial charge on any atom is -0.481 e. The molecule has 9 unspecified atom stereocenters. The maximum atomic E-state index is 13.9. The van der Waals surface area contributed by atoms with Crippen LogP contribution in [0.2, 0.25) is 0 Å². The summed E-state index contributed by atoms with van der Waals surface area (Å²) in [4.78, 5) is 64.0. The first-order valence-electron chi connectivity index (χ1n) is 13.4. The molecule has 4 aliphatic rings. The van der Waals surface area contributed by atoms with Crippen molar-refractivity contribution in [1.29, 1.82) is 0 Å². The van der Waals surface area contributed by atoms with Crippen LogP contribution in [-0.2, 0) is 24.0 Å². The molecule has 0 heterocycles. The molecule has 198 valence electrons. The molecule has 0 radical (unpaired) electrons. The standard InChI is InChI=1S/C29H40O7/c1-14(9-17(30)10-15(2)26(35)36)18-12-23(34)29(6)25-21(32)11-19-16(3)20(31)7-8-27(19,4)24(25)22(33)13-28(18,29)5/h14-16,18-19,23,34H,7-13H2,1-6H3,(H,35,36). The van der Waals surface area contributed by atoms with Gasteiger partial charge in [0.05, 0.1) is 12.0 Å². The van der Waals surface area contributed by atoms with Crippen LogP contribution in [-0.4, -0.2) is 45.4 Å². The van der Waals surface area contributed by atoms with Crippen molar-refractivity contribution < 1.29 is 34.2 Å². The molecule has 0 amide bonds. The highest BCUT2D eigenvalue weighted by Gasteiger charge is 2.69. The minimum atomic E-state index is -1.01. The summed E-state index contributed by atoms with van der Waals surface area (Å²) in [5, 5.41) is 20.7. The molecule has 0 spiro atoms. The minimum absolute atomic E-state index is 0.0493. The fraction of sp³-hybridized carbons (Fsp3) is 0.759. The fourth-order valence-corrected chi connectivity index (χ4v) is 8.58. The lowest BCUT2D eigenvalue weighted by Crippen LogP contribution is -2.57. The van der Waals surface area contributed by atoms with Crippen LogP contribution in [0.3, 0.4) is 0 Å². The van der Waals surface area contributed by atoms with Gasteiger partial charge in [0.25, 0.3) is 0 Å². The number of ketones is 4. The quantitative estimate of drug-likeness (QED) is 0.565. The molecule has 2 saturated carbocycles. The van der Waals surface area contributed by atoms with Crippen molar-refractivity contribution in [3.05, 3.63) is 11.1 Å². The Morgan fingerprint density at radius 2 is 1.67 bits per heavy atom. The summed E-state index contributed by atoms with van der Waals surface area (Å²) in [6, 6.07) is 0. The number of aliphatic hydroxyl groups excluding tert-OH is 1. The number of hydrogen-bond donors (Lipinski definition) is 2. The summed E-state index contributed by atoms with van der Waals surface area (Å²) < 4.78 is 0. The van der Waals surface area contributed by atoms with Crippen LogP contribution in [0.4, 0.5) is 0 Å². The van der Waals surface area contributed by atoms with E-state index in [0.29, 0.717) is 30.4 Å². The van der Waals surface area contributed by atoms with Gasteiger partial charge in [-0.15, -0.1) is 0 Å². The lowest BCUT2D eigenvalue weighted by Gasteiger charge is -2.57. The molecule has 0 aromatic rings. The van der Waals surface area contributed by atoms with Gasteiger partial charge in [-0.05, 0) is 36.0 Å². The average molecular weight is 501 g/mol.